The molecule has 0 aliphatic carbocycles. The van der Waals surface area contributed by atoms with Crippen molar-refractivity contribution in [1.82, 2.24) is 9.80 Å². The third kappa shape index (κ3) is 5.08. The summed E-state index contributed by atoms with van der Waals surface area (Å²) in [6, 6.07) is 13.9. The van der Waals surface area contributed by atoms with Gasteiger partial charge in [-0.25, -0.2) is 0 Å². The van der Waals surface area contributed by atoms with E-state index < -0.39 is 17.7 Å². The standard InChI is InChI=1S/C26H30N2O4/c1-5-17-32-21-13-11-20(12-14-21)24(29)22-23(19-9-7-18(2)8-10-19)28(26(31)25(22)30)16-6-15-27(3)4/h5,7-14,23,29H,1,6,15-17H2,2-4H3/b24-22+/t23-/m1/s1. The van der Waals surface area contributed by atoms with Gasteiger partial charge >= 0.3 is 0 Å². The number of aliphatic hydroxyl groups is 1. The maximum absolute atomic E-state index is 13.0. The van der Waals surface area contributed by atoms with E-state index in [2.05, 4.69) is 6.58 Å². The number of likely N-dealkylation sites (tertiary alicyclic amines) is 1. The van der Waals surface area contributed by atoms with Gasteiger partial charge in [-0.15, -0.1) is 0 Å². The first-order valence-electron chi connectivity index (χ1n) is 10.7. The van der Waals surface area contributed by atoms with Crippen LogP contribution in [-0.4, -0.2) is 60.4 Å². The maximum Gasteiger partial charge on any atom is 0.295 e. The number of aryl methyl sites for hydroxylation is 1. The van der Waals surface area contributed by atoms with Crippen LogP contribution >= 0.6 is 0 Å². The molecule has 1 atom stereocenters. The Bertz CT molecular complexity index is 1010. The molecule has 1 saturated heterocycles. The zero-order valence-electron chi connectivity index (χ0n) is 18.9. The van der Waals surface area contributed by atoms with Crippen LogP contribution in [0.15, 0.2) is 66.8 Å². The zero-order chi connectivity index (χ0) is 23.3. The number of rotatable bonds is 9. The van der Waals surface area contributed by atoms with E-state index in [-0.39, 0.29) is 11.3 Å². The molecule has 168 valence electrons. The number of ketones is 1. The quantitative estimate of drug-likeness (QED) is 0.280. The van der Waals surface area contributed by atoms with Crippen molar-refractivity contribution in [3.8, 4) is 5.75 Å². The Morgan fingerprint density at radius 2 is 1.78 bits per heavy atom. The number of hydrogen-bond acceptors (Lipinski definition) is 5. The lowest BCUT2D eigenvalue weighted by Crippen LogP contribution is -2.32. The first kappa shape index (κ1) is 23.3. The van der Waals surface area contributed by atoms with Crippen molar-refractivity contribution in [2.24, 2.45) is 0 Å². The van der Waals surface area contributed by atoms with E-state index in [1.165, 1.54) is 0 Å². The smallest absolute Gasteiger partial charge is 0.295 e. The minimum Gasteiger partial charge on any atom is -0.507 e. The predicted molar refractivity (Wildman–Crippen MR) is 125 cm³/mol. The number of ether oxygens (including phenoxy) is 1. The summed E-state index contributed by atoms with van der Waals surface area (Å²) >= 11 is 0. The highest BCUT2D eigenvalue weighted by Gasteiger charge is 2.45. The number of amides is 1. The molecule has 0 unspecified atom stereocenters. The number of aliphatic hydroxyl groups excluding tert-OH is 1. The van der Waals surface area contributed by atoms with Crippen molar-refractivity contribution in [3.63, 3.8) is 0 Å². The third-order valence-corrected chi connectivity index (χ3v) is 5.43. The average Bonchev–Trinajstić information content (AvgIpc) is 3.03. The Balaban J connectivity index is 2.02. The number of nitrogens with zero attached hydrogens (tertiary/aromatic N) is 2. The predicted octanol–water partition coefficient (Wildman–Crippen LogP) is 3.93. The summed E-state index contributed by atoms with van der Waals surface area (Å²) in [6.07, 6.45) is 2.37. The minimum absolute atomic E-state index is 0.114. The highest BCUT2D eigenvalue weighted by Crippen LogP contribution is 2.39. The summed E-state index contributed by atoms with van der Waals surface area (Å²) in [6.45, 7) is 7.18. The van der Waals surface area contributed by atoms with Gasteiger partial charge in [0, 0.05) is 12.1 Å². The fourth-order valence-corrected chi connectivity index (χ4v) is 3.78. The van der Waals surface area contributed by atoms with E-state index in [4.69, 9.17) is 4.74 Å². The van der Waals surface area contributed by atoms with E-state index in [1.807, 2.05) is 50.2 Å². The summed E-state index contributed by atoms with van der Waals surface area (Å²) in [5.74, 6) is -0.799. The van der Waals surface area contributed by atoms with E-state index >= 15 is 0 Å². The number of carbonyl (C=O) groups excluding carboxylic acids is 2. The monoisotopic (exact) mass is 434 g/mol. The summed E-state index contributed by atoms with van der Waals surface area (Å²) in [4.78, 5) is 29.6. The molecule has 3 rings (SSSR count). The van der Waals surface area contributed by atoms with Gasteiger partial charge in [0.25, 0.3) is 11.7 Å². The van der Waals surface area contributed by atoms with Crippen molar-refractivity contribution in [1.29, 1.82) is 0 Å². The van der Waals surface area contributed by atoms with E-state index in [1.54, 1.807) is 35.2 Å². The van der Waals surface area contributed by atoms with Gasteiger partial charge in [-0.1, -0.05) is 42.5 Å². The van der Waals surface area contributed by atoms with Crippen LogP contribution in [-0.2, 0) is 9.59 Å². The Morgan fingerprint density at radius 1 is 1.12 bits per heavy atom. The first-order chi connectivity index (χ1) is 15.3. The molecule has 6 nitrogen and oxygen atoms in total. The van der Waals surface area contributed by atoms with Crippen LogP contribution in [0.4, 0.5) is 0 Å². The number of carbonyl (C=O) groups is 2. The number of Topliss-reactive ketones (excluding diaryl/α,β-unsaturated/α-hetero) is 1. The van der Waals surface area contributed by atoms with Gasteiger partial charge in [0.15, 0.2) is 0 Å². The molecule has 2 aromatic rings. The summed E-state index contributed by atoms with van der Waals surface area (Å²) in [7, 11) is 3.93. The molecule has 1 aliphatic rings. The van der Waals surface area contributed by atoms with Crippen LogP contribution in [0.25, 0.3) is 5.76 Å². The Morgan fingerprint density at radius 3 is 2.38 bits per heavy atom. The van der Waals surface area contributed by atoms with Crippen LogP contribution in [0, 0.1) is 6.92 Å². The van der Waals surface area contributed by atoms with Crippen molar-refractivity contribution in [3.05, 3.63) is 83.4 Å². The van der Waals surface area contributed by atoms with E-state index in [0.717, 1.165) is 24.1 Å². The maximum atomic E-state index is 13.0. The molecule has 0 bridgehead atoms. The highest BCUT2D eigenvalue weighted by atomic mass is 16.5. The molecule has 1 heterocycles. The highest BCUT2D eigenvalue weighted by molar-refractivity contribution is 6.46. The molecule has 1 amide bonds. The molecule has 32 heavy (non-hydrogen) atoms. The molecule has 6 heteroatoms. The normalized spacial score (nSPS) is 17.8. The Kier molecular flexibility index (Phi) is 7.49. The molecule has 0 radical (unpaired) electrons. The molecular formula is C26H30N2O4. The van der Waals surface area contributed by atoms with Crippen LogP contribution in [0.5, 0.6) is 5.75 Å². The molecule has 1 aliphatic heterocycles. The van der Waals surface area contributed by atoms with Gasteiger partial charge in [0.2, 0.25) is 0 Å². The van der Waals surface area contributed by atoms with Crippen LogP contribution < -0.4 is 4.74 Å². The van der Waals surface area contributed by atoms with Crippen LogP contribution in [0.2, 0.25) is 0 Å². The first-order valence-corrected chi connectivity index (χ1v) is 10.7. The fraction of sp³-hybridized carbons (Fsp3) is 0.308. The van der Waals surface area contributed by atoms with Crippen LogP contribution in [0.1, 0.15) is 29.2 Å². The lowest BCUT2D eigenvalue weighted by molar-refractivity contribution is -0.139. The van der Waals surface area contributed by atoms with E-state index in [0.29, 0.717) is 24.5 Å². The second kappa shape index (κ2) is 10.3. The van der Waals surface area contributed by atoms with E-state index in [9.17, 15) is 14.7 Å². The Hall–Kier alpha value is -3.38. The van der Waals surface area contributed by atoms with Gasteiger partial charge in [0.1, 0.15) is 18.1 Å². The molecule has 2 aromatic carbocycles. The zero-order valence-corrected chi connectivity index (χ0v) is 18.9. The van der Waals surface area contributed by atoms with Gasteiger partial charge in [-0.2, -0.15) is 0 Å². The van der Waals surface area contributed by atoms with Crippen LogP contribution in [0.3, 0.4) is 0 Å². The van der Waals surface area contributed by atoms with Crippen molar-refractivity contribution >= 4 is 17.4 Å². The second-order valence-corrected chi connectivity index (χ2v) is 8.18. The van der Waals surface area contributed by atoms with Gasteiger partial charge < -0.3 is 19.6 Å². The number of hydrogen-bond donors (Lipinski definition) is 1. The second-order valence-electron chi connectivity index (χ2n) is 8.18. The minimum atomic E-state index is -0.662. The summed E-state index contributed by atoms with van der Waals surface area (Å²) in [5.41, 5.74) is 2.45. The molecule has 0 saturated carbocycles. The fourth-order valence-electron chi connectivity index (χ4n) is 3.78. The van der Waals surface area contributed by atoms with Crippen molar-refractivity contribution < 1.29 is 19.4 Å². The van der Waals surface area contributed by atoms with Crippen molar-refractivity contribution in [2.45, 2.75) is 19.4 Å². The molecule has 0 aromatic heterocycles. The van der Waals surface area contributed by atoms with Gasteiger partial charge in [-0.3, -0.25) is 9.59 Å². The molecule has 0 spiro atoms. The number of benzene rings is 2. The topological polar surface area (TPSA) is 70.1 Å². The lowest BCUT2D eigenvalue weighted by Gasteiger charge is -2.26. The summed E-state index contributed by atoms with van der Waals surface area (Å²) < 4.78 is 5.49. The lowest BCUT2D eigenvalue weighted by atomic mass is 9.94. The largest absolute Gasteiger partial charge is 0.507 e. The molecule has 1 fully saturated rings. The average molecular weight is 435 g/mol. The summed E-state index contributed by atoms with van der Waals surface area (Å²) in [5, 5.41) is 11.1. The van der Waals surface area contributed by atoms with Crippen molar-refractivity contribution in [2.75, 3.05) is 33.8 Å². The molecular weight excluding hydrogens is 404 g/mol. The van der Waals surface area contributed by atoms with Gasteiger partial charge in [-0.05, 0) is 63.8 Å². The van der Waals surface area contributed by atoms with Gasteiger partial charge in [0.05, 0.1) is 11.6 Å². The SMILES string of the molecule is C=CCOc1ccc(/C(O)=C2\C(=O)C(=O)N(CCCN(C)C)[C@@H]2c2ccc(C)cc2)cc1. The molecule has 1 N–H and O–H groups in total. The third-order valence-electron chi connectivity index (χ3n) is 5.43. The Labute approximate surface area is 189 Å².